The molecule has 1 aliphatic heterocycles. The van der Waals surface area contributed by atoms with E-state index in [4.69, 9.17) is 0 Å². The van der Waals surface area contributed by atoms with Crippen LogP contribution in [0.2, 0.25) is 0 Å². The molecule has 0 unspecified atom stereocenters. The summed E-state index contributed by atoms with van der Waals surface area (Å²) >= 11 is 0. The second kappa shape index (κ2) is 9.87. The number of fused-ring (bicyclic) bond motifs is 1. The Morgan fingerprint density at radius 1 is 1.00 bits per heavy atom. The summed E-state index contributed by atoms with van der Waals surface area (Å²) in [5.74, 6) is 0.0362. The van der Waals surface area contributed by atoms with Crippen LogP contribution in [-0.2, 0) is 24.4 Å². The molecule has 0 bridgehead atoms. The number of benzene rings is 2. The maximum atomic E-state index is 12.5. The SMILES string of the molecule is CN(C)C(=O)Cn1ccc2cc(NC(=O)NCc3ccccc3CN3CCCC3)ccc21. The van der Waals surface area contributed by atoms with Gasteiger partial charge >= 0.3 is 6.03 Å². The number of aromatic nitrogens is 1. The minimum absolute atomic E-state index is 0.0362. The lowest BCUT2D eigenvalue weighted by Gasteiger charge is -2.18. The van der Waals surface area contributed by atoms with Crippen molar-refractivity contribution in [2.24, 2.45) is 0 Å². The molecular weight excluding hydrogens is 402 g/mol. The van der Waals surface area contributed by atoms with Gasteiger partial charge in [-0.3, -0.25) is 9.69 Å². The molecule has 0 saturated carbocycles. The van der Waals surface area contributed by atoms with Gasteiger partial charge in [0.05, 0.1) is 0 Å². The van der Waals surface area contributed by atoms with E-state index in [9.17, 15) is 9.59 Å². The van der Waals surface area contributed by atoms with Crippen LogP contribution in [0.3, 0.4) is 0 Å². The van der Waals surface area contributed by atoms with Gasteiger partial charge in [-0.25, -0.2) is 4.79 Å². The Hall–Kier alpha value is -3.32. The van der Waals surface area contributed by atoms with Crippen molar-refractivity contribution in [1.82, 2.24) is 19.7 Å². The highest BCUT2D eigenvalue weighted by atomic mass is 16.2. The number of hydrogen-bond acceptors (Lipinski definition) is 3. The van der Waals surface area contributed by atoms with Crippen molar-refractivity contribution in [2.75, 3.05) is 32.5 Å². The number of urea groups is 1. The zero-order valence-corrected chi connectivity index (χ0v) is 18.8. The minimum Gasteiger partial charge on any atom is -0.347 e. The molecule has 1 aliphatic rings. The normalized spacial score (nSPS) is 13.9. The summed E-state index contributed by atoms with van der Waals surface area (Å²) in [6, 6.07) is 15.7. The van der Waals surface area contributed by atoms with Crippen LogP contribution < -0.4 is 10.6 Å². The summed E-state index contributed by atoms with van der Waals surface area (Å²) < 4.78 is 1.92. The molecule has 7 heteroatoms. The van der Waals surface area contributed by atoms with Gasteiger partial charge in [-0.2, -0.15) is 0 Å². The Kier molecular flexibility index (Phi) is 6.75. The monoisotopic (exact) mass is 433 g/mol. The molecule has 168 valence electrons. The predicted molar refractivity (Wildman–Crippen MR) is 127 cm³/mol. The topological polar surface area (TPSA) is 69.6 Å². The number of likely N-dealkylation sites (N-methyl/N-ethyl adjacent to an activating group) is 1. The van der Waals surface area contributed by atoms with Gasteiger partial charge in [0.1, 0.15) is 6.54 Å². The molecular formula is C25H31N5O2. The molecule has 1 aromatic heterocycles. The van der Waals surface area contributed by atoms with Gasteiger partial charge in [-0.1, -0.05) is 24.3 Å². The first-order chi connectivity index (χ1) is 15.5. The largest absolute Gasteiger partial charge is 0.347 e. The highest BCUT2D eigenvalue weighted by molar-refractivity contribution is 5.93. The van der Waals surface area contributed by atoms with Crippen LogP contribution in [0.4, 0.5) is 10.5 Å². The van der Waals surface area contributed by atoms with Crippen molar-refractivity contribution in [3.63, 3.8) is 0 Å². The average molecular weight is 434 g/mol. The second-order valence-corrected chi connectivity index (χ2v) is 8.57. The average Bonchev–Trinajstić information content (AvgIpc) is 3.43. The van der Waals surface area contributed by atoms with E-state index in [1.54, 1.807) is 19.0 Å². The van der Waals surface area contributed by atoms with E-state index in [-0.39, 0.29) is 11.9 Å². The summed E-state index contributed by atoms with van der Waals surface area (Å²) in [6.07, 6.45) is 4.43. The number of likely N-dealkylation sites (tertiary alicyclic amines) is 1. The number of carbonyl (C=O) groups is 2. The van der Waals surface area contributed by atoms with Gasteiger partial charge in [0, 0.05) is 50.0 Å². The number of carbonyl (C=O) groups excluding carboxylic acids is 2. The third-order valence-corrected chi connectivity index (χ3v) is 5.98. The lowest BCUT2D eigenvalue weighted by Crippen LogP contribution is -2.29. The Bertz CT molecular complexity index is 1100. The molecule has 7 nitrogen and oxygen atoms in total. The maximum absolute atomic E-state index is 12.5. The quantitative estimate of drug-likeness (QED) is 0.598. The molecule has 2 N–H and O–H groups in total. The van der Waals surface area contributed by atoms with Crippen LogP contribution in [0.25, 0.3) is 10.9 Å². The fourth-order valence-electron chi connectivity index (χ4n) is 4.12. The predicted octanol–water partition coefficient (Wildman–Crippen LogP) is 3.65. The molecule has 2 aromatic carbocycles. The molecule has 4 rings (SSSR count). The Morgan fingerprint density at radius 3 is 2.50 bits per heavy atom. The summed E-state index contributed by atoms with van der Waals surface area (Å²) in [5, 5.41) is 6.88. The van der Waals surface area contributed by atoms with Gasteiger partial charge in [0.25, 0.3) is 0 Å². The van der Waals surface area contributed by atoms with E-state index in [1.165, 1.54) is 18.4 Å². The summed E-state index contributed by atoms with van der Waals surface area (Å²) in [6.45, 7) is 4.01. The van der Waals surface area contributed by atoms with E-state index in [0.717, 1.165) is 41.8 Å². The third kappa shape index (κ3) is 5.29. The highest BCUT2D eigenvalue weighted by Crippen LogP contribution is 2.21. The number of rotatable bonds is 7. The van der Waals surface area contributed by atoms with Crippen LogP contribution in [0.5, 0.6) is 0 Å². The number of hydrogen-bond donors (Lipinski definition) is 2. The number of amides is 3. The highest BCUT2D eigenvalue weighted by Gasteiger charge is 2.14. The zero-order chi connectivity index (χ0) is 22.5. The zero-order valence-electron chi connectivity index (χ0n) is 18.8. The summed E-state index contributed by atoms with van der Waals surface area (Å²) in [4.78, 5) is 28.6. The van der Waals surface area contributed by atoms with Crippen LogP contribution in [0, 0.1) is 0 Å². The number of nitrogens with zero attached hydrogens (tertiary/aromatic N) is 3. The minimum atomic E-state index is -0.234. The van der Waals surface area contributed by atoms with Gasteiger partial charge in [-0.05, 0) is 61.3 Å². The van der Waals surface area contributed by atoms with Crippen LogP contribution in [-0.4, -0.2) is 53.5 Å². The first kappa shape index (κ1) is 21.9. The smallest absolute Gasteiger partial charge is 0.319 e. The molecule has 1 saturated heterocycles. The number of anilines is 1. The van der Waals surface area contributed by atoms with E-state index >= 15 is 0 Å². The first-order valence-corrected chi connectivity index (χ1v) is 11.1. The van der Waals surface area contributed by atoms with Crippen LogP contribution >= 0.6 is 0 Å². The number of nitrogens with one attached hydrogen (secondary N) is 2. The third-order valence-electron chi connectivity index (χ3n) is 5.98. The molecule has 0 atom stereocenters. The Morgan fingerprint density at radius 2 is 1.75 bits per heavy atom. The van der Waals surface area contributed by atoms with Crippen molar-refractivity contribution >= 4 is 28.5 Å². The van der Waals surface area contributed by atoms with Gasteiger partial charge in [0.15, 0.2) is 0 Å². The van der Waals surface area contributed by atoms with E-state index < -0.39 is 0 Å². The fraction of sp³-hybridized carbons (Fsp3) is 0.360. The second-order valence-electron chi connectivity index (χ2n) is 8.57. The van der Waals surface area contributed by atoms with Crippen LogP contribution in [0.1, 0.15) is 24.0 Å². The van der Waals surface area contributed by atoms with E-state index in [0.29, 0.717) is 13.1 Å². The van der Waals surface area contributed by atoms with E-state index in [2.05, 4.69) is 33.7 Å². The standard InChI is InChI=1S/C25H31N5O2/c1-28(2)24(31)18-30-14-11-19-15-22(9-10-23(19)30)27-25(32)26-16-20-7-3-4-8-21(20)17-29-12-5-6-13-29/h3-4,7-11,14-15H,5-6,12-13,16-18H2,1-2H3,(H2,26,27,32). The Labute approximate surface area is 189 Å². The molecule has 0 spiro atoms. The lowest BCUT2D eigenvalue weighted by molar-refractivity contribution is -0.129. The van der Waals surface area contributed by atoms with Crippen LogP contribution in [0.15, 0.2) is 54.7 Å². The molecule has 3 amide bonds. The lowest BCUT2D eigenvalue weighted by atomic mass is 10.1. The first-order valence-electron chi connectivity index (χ1n) is 11.1. The van der Waals surface area contributed by atoms with Crippen molar-refractivity contribution in [1.29, 1.82) is 0 Å². The van der Waals surface area contributed by atoms with E-state index in [1.807, 2.05) is 41.1 Å². The van der Waals surface area contributed by atoms with Crippen molar-refractivity contribution in [3.8, 4) is 0 Å². The fourth-order valence-corrected chi connectivity index (χ4v) is 4.12. The molecule has 1 fully saturated rings. The molecule has 3 aromatic rings. The summed E-state index contributed by atoms with van der Waals surface area (Å²) in [5.41, 5.74) is 4.09. The van der Waals surface area contributed by atoms with Gasteiger partial charge < -0.3 is 20.1 Å². The molecule has 32 heavy (non-hydrogen) atoms. The molecule has 0 radical (unpaired) electrons. The van der Waals surface area contributed by atoms with Crippen molar-refractivity contribution in [3.05, 3.63) is 65.9 Å². The van der Waals surface area contributed by atoms with Crippen molar-refractivity contribution < 1.29 is 9.59 Å². The molecule has 2 heterocycles. The maximum Gasteiger partial charge on any atom is 0.319 e. The molecule has 0 aliphatic carbocycles. The Balaban J connectivity index is 1.36. The van der Waals surface area contributed by atoms with Gasteiger partial charge in [0.2, 0.25) is 5.91 Å². The van der Waals surface area contributed by atoms with Gasteiger partial charge in [-0.15, -0.1) is 0 Å². The van der Waals surface area contributed by atoms with Crippen molar-refractivity contribution in [2.45, 2.75) is 32.5 Å². The summed E-state index contributed by atoms with van der Waals surface area (Å²) in [7, 11) is 3.50.